The van der Waals surface area contributed by atoms with Gasteiger partial charge in [0.05, 0.1) is 4.88 Å². The van der Waals surface area contributed by atoms with Crippen LogP contribution >= 0.6 is 11.3 Å². The van der Waals surface area contributed by atoms with Crippen LogP contribution in [0.4, 0.5) is 8.78 Å². The lowest BCUT2D eigenvalue weighted by atomic mass is 10.1. The number of carbonyl (C=O) groups is 1. The molecule has 1 nitrogen and oxygen atoms in total. The number of halogens is 2. The first-order chi connectivity index (χ1) is 9.63. The van der Waals surface area contributed by atoms with Crippen molar-refractivity contribution in [1.29, 1.82) is 0 Å². The van der Waals surface area contributed by atoms with Crippen LogP contribution in [-0.2, 0) is 6.42 Å². The van der Waals surface area contributed by atoms with E-state index in [1.54, 1.807) is 6.07 Å². The van der Waals surface area contributed by atoms with Gasteiger partial charge in [-0.15, -0.1) is 11.3 Å². The van der Waals surface area contributed by atoms with Crippen LogP contribution in [0.3, 0.4) is 0 Å². The summed E-state index contributed by atoms with van der Waals surface area (Å²) in [6.07, 6.45) is -0.129. The first-order valence-electron chi connectivity index (χ1n) is 6.09. The van der Waals surface area contributed by atoms with Gasteiger partial charge in [-0.1, -0.05) is 18.2 Å². The minimum absolute atomic E-state index is 0.0902. The number of thiophene rings is 1. The molecule has 0 radical (unpaired) electrons. The molecule has 0 spiro atoms. The highest BCUT2D eigenvalue weighted by atomic mass is 32.1. The van der Waals surface area contributed by atoms with E-state index in [2.05, 4.69) is 0 Å². The molecular weight excluding hydrogens is 278 g/mol. The van der Waals surface area contributed by atoms with Crippen molar-refractivity contribution in [1.82, 2.24) is 0 Å². The van der Waals surface area contributed by atoms with Crippen molar-refractivity contribution in [2.75, 3.05) is 0 Å². The van der Waals surface area contributed by atoms with Gasteiger partial charge in [0.1, 0.15) is 11.6 Å². The van der Waals surface area contributed by atoms with E-state index in [1.165, 1.54) is 11.3 Å². The molecule has 0 saturated carbocycles. The first kappa shape index (κ1) is 12.9. The van der Waals surface area contributed by atoms with Crippen molar-refractivity contribution in [3.05, 3.63) is 70.6 Å². The number of hydrogen-bond donors (Lipinski definition) is 0. The Balaban J connectivity index is 1.90. The molecule has 0 aliphatic carbocycles. The van der Waals surface area contributed by atoms with Crippen LogP contribution in [0.1, 0.15) is 15.2 Å². The molecule has 0 saturated heterocycles. The SMILES string of the molecule is O=C(Cc1cc(F)ccc1F)c1cc2ccccc2s1. The molecule has 0 aliphatic heterocycles. The monoisotopic (exact) mass is 288 g/mol. The van der Waals surface area contributed by atoms with Crippen LogP contribution in [0.2, 0.25) is 0 Å². The maximum atomic E-state index is 13.5. The average Bonchev–Trinajstić information content (AvgIpc) is 2.87. The molecule has 0 unspecified atom stereocenters. The normalized spacial score (nSPS) is 10.9. The number of carbonyl (C=O) groups excluding carboxylic acids is 1. The van der Waals surface area contributed by atoms with Crippen molar-refractivity contribution in [2.24, 2.45) is 0 Å². The van der Waals surface area contributed by atoms with Crippen LogP contribution in [0, 0.1) is 11.6 Å². The molecule has 1 heterocycles. The van der Waals surface area contributed by atoms with Crippen LogP contribution in [-0.4, -0.2) is 5.78 Å². The molecule has 2 aromatic carbocycles. The summed E-state index contributed by atoms with van der Waals surface area (Å²) in [5.41, 5.74) is 0.0902. The number of benzene rings is 2. The van der Waals surface area contributed by atoms with Gasteiger partial charge in [0, 0.05) is 11.1 Å². The number of Topliss-reactive ketones (excluding diaryl/α,β-unsaturated/α-hetero) is 1. The van der Waals surface area contributed by atoms with E-state index in [-0.39, 0.29) is 17.8 Å². The summed E-state index contributed by atoms with van der Waals surface area (Å²) < 4.78 is 27.6. The fourth-order valence-electron chi connectivity index (χ4n) is 2.06. The van der Waals surface area contributed by atoms with Gasteiger partial charge >= 0.3 is 0 Å². The molecule has 20 heavy (non-hydrogen) atoms. The van der Waals surface area contributed by atoms with E-state index in [9.17, 15) is 13.6 Å². The molecule has 0 bridgehead atoms. The fraction of sp³-hybridized carbons (Fsp3) is 0.0625. The fourth-order valence-corrected chi connectivity index (χ4v) is 3.06. The van der Waals surface area contributed by atoms with Gasteiger partial charge in [-0.3, -0.25) is 4.79 Å². The summed E-state index contributed by atoms with van der Waals surface area (Å²) >= 11 is 1.37. The van der Waals surface area contributed by atoms with E-state index in [0.29, 0.717) is 4.88 Å². The molecule has 0 aliphatic rings. The lowest BCUT2D eigenvalue weighted by molar-refractivity contribution is 0.0995. The van der Waals surface area contributed by atoms with Crippen molar-refractivity contribution < 1.29 is 13.6 Å². The number of fused-ring (bicyclic) bond motifs is 1. The van der Waals surface area contributed by atoms with Gasteiger partial charge in [0.15, 0.2) is 5.78 Å². The third-order valence-corrected chi connectivity index (χ3v) is 4.22. The molecule has 0 amide bonds. The highest BCUT2D eigenvalue weighted by molar-refractivity contribution is 7.20. The predicted octanol–water partition coefficient (Wildman–Crippen LogP) is 4.60. The van der Waals surface area contributed by atoms with E-state index >= 15 is 0 Å². The number of rotatable bonds is 3. The van der Waals surface area contributed by atoms with Crippen LogP contribution in [0.25, 0.3) is 10.1 Å². The summed E-state index contributed by atoms with van der Waals surface area (Å²) in [5, 5.41) is 0.987. The lowest BCUT2D eigenvalue weighted by Crippen LogP contribution is -2.03. The summed E-state index contributed by atoms with van der Waals surface area (Å²) in [5.74, 6) is -1.29. The van der Waals surface area contributed by atoms with E-state index in [0.717, 1.165) is 28.3 Å². The maximum absolute atomic E-state index is 13.5. The highest BCUT2D eigenvalue weighted by Gasteiger charge is 2.14. The van der Waals surface area contributed by atoms with Crippen molar-refractivity contribution >= 4 is 27.2 Å². The Morgan fingerprint density at radius 3 is 2.65 bits per heavy atom. The zero-order valence-corrected chi connectivity index (χ0v) is 11.2. The van der Waals surface area contributed by atoms with Crippen LogP contribution in [0.5, 0.6) is 0 Å². The Bertz CT molecular complexity index is 759. The molecule has 0 fully saturated rings. The first-order valence-corrected chi connectivity index (χ1v) is 6.91. The molecular formula is C16H10F2OS. The second-order valence-corrected chi connectivity index (χ2v) is 5.57. The van der Waals surface area contributed by atoms with Crippen molar-refractivity contribution in [3.8, 4) is 0 Å². The van der Waals surface area contributed by atoms with E-state index < -0.39 is 11.6 Å². The summed E-state index contributed by atoms with van der Waals surface area (Å²) in [4.78, 5) is 12.7. The van der Waals surface area contributed by atoms with Gasteiger partial charge in [-0.2, -0.15) is 0 Å². The third kappa shape index (κ3) is 2.47. The zero-order chi connectivity index (χ0) is 14.1. The largest absolute Gasteiger partial charge is 0.293 e. The van der Waals surface area contributed by atoms with E-state index in [1.807, 2.05) is 24.3 Å². The Labute approximate surface area is 118 Å². The summed E-state index contributed by atoms with van der Waals surface area (Å²) in [6.45, 7) is 0. The number of hydrogen-bond acceptors (Lipinski definition) is 2. The van der Waals surface area contributed by atoms with Gasteiger partial charge in [-0.25, -0.2) is 8.78 Å². The summed E-state index contributed by atoms with van der Waals surface area (Å²) in [7, 11) is 0. The van der Waals surface area contributed by atoms with Crippen molar-refractivity contribution in [3.63, 3.8) is 0 Å². The van der Waals surface area contributed by atoms with Gasteiger partial charge < -0.3 is 0 Å². The minimum Gasteiger partial charge on any atom is -0.293 e. The smallest absolute Gasteiger partial charge is 0.177 e. The zero-order valence-electron chi connectivity index (χ0n) is 10.4. The highest BCUT2D eigenvalue weighted by Crippen LogP contribution is 2.26. The second-order valence-electron chi connectivity index (χ2n) is 4.48. The summed E-state index contributed by atoms with van der Waals surface area (Å²) in [6, 6.07) is 12.6. The molecule has 0 atom stereocenters. The molecule has 3 aromatic rings. The standard InChI is InChI=1S/C16H10F2OS/c17-12-5-6-13(18)11(7-12)8-14(19)16-9-10-3-1-2-4-15(10)20-16/h1-7,9H,8H2. The Morgan fingerprint density at radius 2 is 1.85 bits per heavy atom. The maximum Gasteiger partial charge on any atom is 0.177 e. The Kier molecular flexibility index (Phi) is 3.32. The average molecular weight is 288 g/mol. The van der Waals surface area contributed by atoms with Crippen LogP contribution in [0.15, 0.2) is 48.5 Å². The molecule has 100 valence electrons. The van der Waals surface area contributed by atoms with Gasteiger partial charge in [0.25, 0.3) is 0 Å². The molecule has 3 rings (SSSR count). The van der Waals surface area contributed by atoms with Crippen LogP contribution < -0.4 is 0 Å². The molecule has 4 heteroatoms. The quantitative estimate of drug-likeness (QED) is 0.643. The minimum atomic E-state index is -0.555. The molecule has 1 aromatic heterocycles. The molecule has 0 N–H and O–H groups in total. The second kappa shape index (κ2) is 5.13. The Morgan fingerprint density at radius 1 is 1.05 bits per heavy atom. The van der Waals surface area contributed by atoms with Crippen molar-refractivity contribution in [2.45, 2.75) is 6.42 Å². The third-order valence-electron chi connectivity index (χ3n) is 3.06. The predicted molar refractivity (Wildman–Crippen MR) is 76.2 cm³/mol. The lowest BCUT2D eigenvalue weighted by Gasteiger charge is -2.01. The Hall–Kier alpha value is -2.07. The topological polar surface area (TPSA) is 17.1 Å². The van der Waals surface area contributed by atoms with E-state index in [4.69, 9.17) is 0 Å². The number of ketones is 1. The van der Waals surface area contributed by atoms with Gasteiger partial charge in [0.2, 0.25) is 0 Å². The van der Waals surface area contributed by atoms with Gasteiger partial charge in [-0.05, 0) is 41.3 Å².